The Balaban J connectivity index is 1.88. The lowest BCUT2D eigenvalue weighted by Gasteiger charge is -2.03. The molecule has 1 aromatic heterocycles. The second-order valence-corrected chi connectivity index (χ2v) is 9.73. The first-order chi connectivity index (χ1) is 14.2. The van der Waals surface area contributed by atoms with Crippen molar-refractivity contribution < 1.29 is 4.57 Å². The number of aromatic nitrogens is 2. The topological polar surface area (TPSA) is 8.81 Å². The number of rotatable bonds is 21. The van der Waals surface area contributed by atoms with Crippen LogP contribution in [0.2, 0.25) is 0 Å². The predicted molar refractivity (Wildman–Crippen MR) is 128 cm³/mol. The van der Waals surface area contributed by atoms with Gasteiger partial charge in [-0.2, -0.15) is 0 Å². The zero-order valence-corrected chi connectivity index (χ0v) is 20.3. The van der Waals surface area contributed by atoms with E-state index in [4.69, 9.17) is 0 Å². The van der Waals surface area contributed by atoms with E-state index in [-0.39, 0.29) is 0 Å². The van der Waals surface area contributed by atoms with Crippen LogP contribution < -0.4 is 4.57 Å². The van der Waals surface area contributed by atoms with E-state index in [9.17, 15) is 0 Å². The highest BCUT2D eigenvalue weighted by atomic mass is 15.1. The number of aryl methyl sites for hydroxylation is 2. The van der Waals surface area contributed by atoms with Crippen LogP contribution in [0.4, 0.5) is 0 Å². The smallest absolute Gasteiger partial charge is 0.237 e. The van der Waals surface area contributed by atoms with Gasteiger partial charge in [-0.3, -0.25) is 0 Å². The Labute approximate surface area is 183 Å². The molecule has 0 aromatic carbocycles. The fourth-order valence-electron chi connectivity index (χ4n) is 4.22. The minimum absolute atomic E-state index is 0.871. The lowest BCUT2D eigenvalue weighted by atomic mass is 10.0. The molecule has 0 saturated heterocycles. The summed E-state index contributed by atoms with van der Waals surface area (Å²) in [4.78, 5) is 0. The van der Waals surface area contributed by atoms with Crippen molar-refractivity contribution in [1.82, 2.24) is 4.57 Å². The Morgan fingerprint density at radius 3 is 1.76 bits per heavy atom. The van der Waals surface area contributed by atoms with Crippen LogP contribution in [0.5, 0.6) is 0 Å². The van der Waals surface area contributed by atoms with Gasteiger partial charge in [0.05, 0.1) is 13.1 Å². The van der Waals surface area contributed by atoms with E-state index in [1.54, 1.807) is 0 Å². The Hall–Kier alpha value is -0.790. The minimum atomic E-state index is 0.871. The second-order valence-electron chi connectivity index (χ2n) is 9.73. The molecular formula is C27H53N2+. The van der Waals surface area contributed by atoms with Gasteiger partial charge in [0.2, 0.25) is 6.33 Å². The molecule has 1 heterocycles. The molecule has 2 nitrogen and oxygen atoms in total. The SMILES string of the molecule is CCCCCCCCCCCCCCn1cc[n+](CCCCCCCC(C)C)c1. The molecule has 1 aromatic rings. The van der Waals surface area contributed by atoms with Crippen LogP contribution in [0.25, 0.3) is 0 Å². The van der Waals surface area contributed by atoms with Gasteiger partial charge in [-0.15, -0.1) is 0 Å². The van der Waals surface area contributed by atoms with E-state index in [0.29, 0.717) is 0 Å². The van der Waals surface area contributed by atoms with Gasteiger partial charge < -0.3 is 0 Å². The molecule has 170 valence electrons. The third-order valence-electron chi connectivity index (χ3n) is 6.21. The lowest BCUT2D eigenvalue weighted by Crippen LogP contribution is -2.30. The predicted octanol–water partition coefficient (Wildman–Crippen LogP) is 8.47. The summed E-state index contributed by atoms with van der Waals surface area (Å²) >= 11 is 0. The lowest BCUT2D eigenvalue weighted by molar-refractivity contribution is -0.696. The molecule has 0 fully saturated rings. The molecule has 29 heavy (non-hydrogen) atoms. The van der Waals surface area contributed by atoms with E-state index in [2.05, 4.69) is 48.6 Å². The van der Waals surface area contributed by atoms with Gasteiger partial charge in [-0.25, -0.2) is 9.13 Å². The number of hydrogen-bond donors (Lipinski definition) is 0. The van der Waals surface area contributed by atoms with Crippen molar-refractivity contribution in [2.45, 2.75) is 149 Å². The number of nitrogens with zero attached hydrogens (tertiary/aromatic N) is 2. The first-order valence-electron chi connectivity index (χ1n) is 13.3. The molecule has 0 aliphatic rings. The van der Waals surface area contributed by atoms with Crippen molar-refractivity contribution in [3.8, 4) is 0 Å². The van der Waals surface area contributed by atoms with Crippen molar-refractivity contribution in [3.05, 3.63) is 18.7 Å². The van der Waals surface area contributed by atoms with E-state index >= 15 is 0 Å². The molecule has 0 aliphatic heterocycles. The quantitative estimate of drug-likeness (QED) is 0.143. The maximum Gasteiger partial charge on any atom is 0.243 e. The third-order valence-corrected chi connectivity index (χ3v) is 6.21. The van der Waals surface area contributed by atoms with Crippen molar-refractivity contribution >= 4 is 0 Å². The van der Waals surface area contributed by atoms with E-state index in [0.717, 1.165) is 5.92 Å². The molecule has 0 radical (unpaired) electrons. The highest BCUT2D eigenvalue weighted by Crippen LogP contribution is 2.12. The van der Waals surface area contributed by atoms with Gasteiger partial charge in [-0.05, 0) is 31.6 Å². The Morgan fingerprint density at radius 1 is 0.655 bits per heavy atom. The molecule has 0 amide bonds. The average Bonchev–Trinajstić information content (AvgIpc) is 3.15. The molecule has 0 unspecified atom stereocenters. The molecule has 0 bridgehead atoms. The van der Waals surface area contributed by atoms with Gasteiger partial charge >= 0.3 is 0 Å². The molecule has 0 spiro atoms. The van der Waals surface area contributed by atoms with Crippen LogP contribution in [0.1, 0.15) is 136 Å². The summed E-state index contributed by atoms with van der Waals surface area (Å²) < 4.78 is 4.77. The summed E-state index contributed by atoms with van der Waals surface area (Å²) in [5.74, 6) is 0.871. The molecular weight excluding hydrogens is 352 g/mol. The minimum Gasteiger partial charge on any atom is -0.237 e. The van der Waals surface area contributed by atoms with Gasteiger partial charge in [0, 0.05) is 0 Å². The van der Waals surface area contributed by atoms with Crippen LogP contribution >= 0.6 is 0 Å². The fraction of sp³-hybridized carbons (Fsp3) is 0.889. The summed E-state index contributed by atoms with van der Waals surface area (Å²) in [7, 11) is 0. The van der Waals surface area contributed by atoms with Crippen LogP contribution in [0.15, 0.2) is 18.7 Å². The summed E-state index contributed by atoms with van der Waals surface area (Å²) in [5.41, 5.74) is 0. The van der Waals surface area contributed by atoms with Gasteiger partial charge in [-0.1, -0.05) is 111 Å². The summed E-state index contributed by atoms with van der Waals surface area (Å²) in [6, 6.07) is 0. The van der Waals surface area contributed by atoms with E-state index in [1.807, 2.05) is 0 Å². The van der Waals surface area contributed by atoms with Crippen LogP contribution in [-0.4, -0.2) is 4.57 Å². The molecule has 2 heteroatoms. The molecule has 0 N–H and O–H groups in total. The van der Waals surface area contributed by atoms with Gasteiger partial charge in [0.1, 0.15) is 12.4 Å². The highest BCUT2D eigenvalue weighted by molar-refractivity contribution is 4.66. The fourth-order valence-corrected chi connectivity index (χ4v) is 4.22. The monoisotopic (exact) mass is 405 g/mol. The maximum absolute atomic E-state index is 2.39. The number of hydrogen-bond acceptors (Lipinski definition) is 0. The highest BCUT2D eigenvalue weighted by Gasteiger charge is 2.03. The third kappa shape index (κ3) is 16.7. The average molecular weight is 406 g/mol. The summed E-state index contributed by atoms with van der Waals surface area (Å²) in [6.07, 6.45) is 32.3. The van der Waals surface area contributed by atoms with Crippen molar-refractivity contribution in [3.63, 3.8) is 0 Å². The normalized spacial score (nSPS) is 11.6. The Morgan fingerprint density at radius 2 is 1.17 bits per heavy atom. The zero-order chi connectivity index (χ0) is 21.0. The van der Waals surface area contributed by atoms with Crippen molar-refractivity contribution in [2.75, 3.05) is 0 Å². The number of imidazole rings is 1. The first-order valence-corrected chi connectivity index (χ1v) is 13.3. The van der Waals surface area contributed by atoms with Crippen LogP contribution in [-0.2, 0) is 13.1 Å². The Kier molecular flexibility index (Phi) is 17.4. The second kappa shape index (κ2) is 19.2. The van der Waals surface area contributed by atoms with Crippen LogP contribution in [0, 0.1) is 5.92 Å². The summed E-state index contributed by atoms with van der Waals surface area (Å²) in [5, 5.41) is 0. The summed E-state index contributed by atoms with van der Waals surface area (Å²) in [6.45, 7) is 9.35. The maximum atomic E-state index is 2.39. The first kappa shape index (κ1) is 26.2. The largest absolute Gasteiger partial charge is 0.243 e. The van der Waals surface area contributed by atoms with Crippen molar-refractivity contribution in [2.24, 2.45) is 5.92 Å². The van der Waals surface area contributed by atoms with E-state index < -0.39 is 0 Å². The standard InChI is InChI=1S/C27H53N2/c1-4-5-6-7-8-9-10-11-12-13-16-19-22-28-24-25-29(26-28)23-20-17-14-15-18-21-27(2)3/h24-27H,4-23H2,1-3H3/q+1. The Bertz CT molecular complexity index is 449. The van der Waals surface area contributed by atoms with Crippen molar-refractivity contribution in [1.29, 1.82) is 0 Å². The van der Waals surface area contributed by atoms with Gasteiger partial charge in [0.15, 0.2) is 0 Å². The molecule has 0 aliphatic carbocycles. The number of unbranched alkanes of at least 4 members (excludes halogenated alkanes) is 15. The molecule has 0 atom stereocenters. The zero-order valence-electron chi connectivity index (χ0n) is 20.3. The van der Waals surface area contributed by atoms with Crippen LogP contribution in [0.3, 0.4) is 0 Å². The molecule has 0 saturated carbocycles. The van der Waals surface area contributed by atoms with E-state index in [1.165, 1.54) is 129 Å². The van der Waals surface area contributed by atoms with Gasteiger partial charge in [0.25, 0.3) is 0 Å². The molecule has 1 rings (SSSR count).